The molecule has 3 aromatic rings. The maximum Gasteiger partial charge on any atom is 0.416 e. The Labute approximate surface area is 184 Å². The fourth-order valence-electron chi connectivity index (χ4n) is 2.43. The van der Waals surface area contributed by atoms with E-state index in [9.17, 15) is 18.0 Å². The number of hydrogen-bond donors (Lipinski definition) is 3. The number of carbonyl (C=O) groups is 1. The van der Waals surface area contributed by atoms with Crippen LogP contribution in [-0.4, -0.2) is 26.6 Å². The quantitative estimate of drug-likeness (QED) is 0.459. The van der Waals surface area contributed by atoms with Crippen LogP contribution >= 0.6 is 23.4 Å². The molecule has 0 spiro atoms. The molecule has 0 bridgehead atoms. The molecule has 3 rings (SSSR count). The molecule has 1 aromatic heterocycles. The standard InChI is InChI=1S/C19H16ClF3N6OS/c20-13-7-6-11(19(21,22)23)8-14(13)26-16(30)10-31-9-15-27-17(24)29-18(28-15)25-12-4-2-1-3-5-12/h1-8H,9-10H2,(H,26,30)(H3,24,25,27,28,29). The summed E-state index contributed by atoms with van der Waals surface area (Å²) in [6.07, 6.45) is -4.54. The van der Waals surface area contributed by atoms with Gasteiger partial charge in [-0.2, -0.15) is 28.1 Å². The molecule has 0 unspecified atom stereocenters. The van der Waals surface area contributed by atoms with Crippen molar-refractivity contribution in [2.45, 2.75) is 11.9 Å². The average Bonchev–Trinajstić information content (AvgIpc) is 2.69. The second kappa shape index (κ2) is 9.84. The van der Waals surface area contributed by atoms with Gasteiger partial charge in [-0.05, 0) is 30.3 Å². The lowest BCUT2D eigenvalue weighted by Gasteiger charge is -2.11. The molecule has 162 valence electrons. The molecule has 2 aromatic carbocycles. The number of para-hydroxylation sites is 1. The number of amides is 1. The van der Waals surface area contributed by atoms with Gasteiger partial charge in [-0.3, -0.25) is 4.79 Å². The number of thioether (sulfide) groups is 1. The van der Waals surface area contributed by atoms with Crippen molar-refractivity contribution in [3.63, 3.8) is 0 Å². The van der Waals surface area contributed by atoms with Crippen LogP contribution in [0.15, 0.2) is 48.5 Å². The van der Waals surface area contributed by atoms with E-state index in [0.29, 0.717) is 5.82 Å². The first-order chi connectivity index (χ1) is 14.7. The number of aromatic nitrogens is 3. The predicted octanol–water partition coefficient (Wildman–Crippen LogP) is 4.74. The third-order valence-corrected chi connectivity index (χ3v) is 5.02. The van der Waals surface area contributed by atoms with Crippen LogP contribution in [0.25, 0.3) is 0 Å². The van der Waals surface area contributed by atoms with Gasteiger partial charge in [0, 0.05) is 5.69 Å². The van der Waals surface area contributed by atoms with Gasteiger partial charge >= 0.3 is 6.18 Å². The zero-order valence-electron chi connectivity index (χ0n) is 15.8. The van der Waals surface area contributed by atoms with Crippen LogP contribution in [0.1, 0.15) is 11.4 Å². The summed E-state index contributed by atoms with van der Waals surface area (Å²) in [4.78, 5) is 24.4. The molecule has 1 amide bonds. The smallest absolute Gasteiger partial charge is 0.368 e. The molecule has 0 atom stereocenters. The third-order valence-electron chi connectivity index (χ3n) is 3.76. The molecule has 0 fully saturated rings. The van der Waals surface area contributed by atoms with Gasteiger partial charge in [0.15, 0.2) is 0 Å². The summed E-state index contributed by atoms with van der Waals surface area (Å²) in [5.41, 5.74) is 5.47. The first-order valence-electron chi connectivity index (χ1n) is 8.77. The summed E-state index contributed by atoms with van der Waals surface area (Å²) in [5, 5.41) is 5.39. The SMILES string of the molecule is Nc1nc(CSCC(=O)Nc2cc(C(F)(F)F)ccc2Cl)nc(Nc2ccccc2)n1. The van der Waals surface area contributed by atoms with Crippen molar-refractivity contribution in [3.8, 4) is 0 Å². The normalized spacial score (nSPS) is 11.2. The van der Waals surface area contributed by atoms with E-state index in [1.807, 2.05) is 30.3 Å². The fourth-order valence-corrected chi connectivity index (χ4v) is 3.26. The summed E-state index contributed by atoms with van der Waals surface area (Å²) in [5.74, 6) is 0.287. The summed E-state index contributed by atoms with van der Waals surface area (Å²) in [6, 6.07) is 11.9. The van der Waals surface area contributed by atoms with Crippen LogP contribution in [0.3, 0.4) is 0 Å². The van der Waals surface area contributed by atoms with E-state index < -0.39 is 17.6 Å². The van der Waals surface area contributed by atoms with E-state index in [2.05, 4.69) is 25.6 Å². The molecule has 0 aliphatic rings. The number of benzene rings is 2. The highest BCUT2D eigenvalue weighted by atomic mass is 35.5. The first-order valence-corrected chi connectivity index (χ1v) is 10.3. The summed E-state index contributed by atoms with van der Waals surface area (Å²) < 4.78 is 38.5. The minimum atomic E-state index is -4.54. The number of anilines is 4. The van der Waals surface area contributed by atoms with Gasteiger partial charge in [0.05, 0.1) is 27.8 Å². The highest BCUT2D eigenvalue weighted by molar-refractivity contribution is 7.99. The van der Waals surface area contributed by atoms with Gasteiger partial charge < -0.3 is 16.4 Å². The molecular formula is C19H16ClF3N6OS. The largest absolute Gasteiger partial charge is 0.416 e. The molecule has 0 radical (unpaired) electrons. The van der Waals surface area contributed by atoms with E-state index in [0.717, 1.165) is 35.6 Å². The minimum absolute atomic E-state index is 0.00761. The number of carbonyl (C=O) groups excluding carboxylic acids is 1. The Hall–Kier alpha value is -3.05. The second-order valence-corrected chi connectivity index (χ2v) is 7.55. The Morgan fingerprint density at radius 1 is 1.10 bits per heavy atom. The lowest BCUT2D eigenvalue weighted by molar-refractivity contribution is -0.137. The zero-order chi connectivity index (χ0) is 22.4. The van der Waals surface area contributed by atoms with Crippen molar-refractivity contribution in [1.29, 1.82) is 0 Å². The number of nitrogens with zero attached hydrogens (tertiary/aromatic N) is 3. The number of hydrogen-bond acceptors (Lipinski definition) is 7. The van der Waals surface area contributed by atoms with Crippen LogP contribution in [0, 0.1) is 0 Å². The summed E-state index contributed by atoms with van der Waals surface area (Å²) in [6.45, 7) is 0. The number of alkyl halides is 3. The molecule has 0 aliphatic heterocycles. The van der Waals surface area contributed by atoms with Crippen molar-refractivity contribution < 1.29 is 18.0 Å². The van der Waals surface area contributed by atoms with E-state index in [4.69, 9.17) is 17.3 Å². The monoisotopic (exact) mass is 468 g/mol. The van der Waals surface area contributed by atoms with E-state index in [1.54, 1.807) is 0 Å². The van der Waals surface area contributed by atoms with Gasteiger partial charge in [0.2, 0.25) is 17.8 Å². The second-order valence-electron chi connectivity index (χ2n) is 6.16. The summed E-state index contributed by atoms with van der Waals surface area (Å²) >= 11 is 7.04. The molecule has 1 heterocycles. The van der Waals surface area contributed by atoms with E-state index in [1.165, 1.54) is 0 Å². The number of rotatable bonds is 7. The third kappa shape index (κ3) is 6.72. The van der Waals surface area contributed by atoms with Crippen molar-refractivity contribution in [1.82, 2.24) is 15.0 Å². The highest BCUT2D eigenvalue weighted by Gasteiger charge is 2.31. The van der Waals surface area contributed by atoms with Gasteiger partial charge in [-0.15, -0.1) is 11.8 Å². The first kappa shape index (κ1) is 22.6. The molecule has 4 N–H and O–H groups in total. The Balaban J connectivity index is 1.57. The van der Waals surface area contributed by atoms with Crippen LogP contribution < -0.4 is 16.4 Å². The van der Waals surface area contributed by atoms with Crippen molar-refractivity contribution in [2.24, 2.45) is 0 Å². The average molecular weight is 469 g/mol. The molecule has 31 heavy (non-hydrogen) atoms. The predicted molar refractivity (Wildman–Crippen MR) is 115 cm³/mol. The molecular weight excluding hydrogens is 453 g/mol. The maximum absolute atomic E-state index is 12.8. The van der Waals surface area contributed by atoms with Crippen LogP contribution in [0.5, 0.6) is 0 Å². The van der Waals surface area contributed by atoms with Gasteiger partial charge in [-0.25, -0.2) is 0 Å². The lowest BCUT2D eigenvalue weighted by atomic mass is 10.2. The molecule has 0 aliphatic carbocycles. The van der Waals surface area contributed by atoms with Gasteiger partial charge in [0.25, 0.3) is 0 Å². The topological polar surface area (TPSA) is 106 Å². The zero-order valence-corrected chi connectivity index (χ0v) is 17.4. The van der Waals surface area contributed by atoms with Crippen molar-refractivity contribution in [2.75, 3.05) is 22.1 Å². The number of halogens is 4. The van der Waals surface area contributed by atoms with Gasteiger partial charge in [-0.1, -0.05) is 29.8 Å². The lowest BCUT2D eigenvalue weighted by Crippen LogP contribution is -2.16. The highest BCUT2D eigenvalue weighted by Crippen LogP contribution is 2.33. The van der Waals surface area contributed by atoms with E-state index >= 15 is 0 Å². The number of nitrogens with one attached hydrogen (secondary N) is 2. The van der Waals surface area contributed by atoms with Crippen LogP contribution in [0.4, 0.5) is 36.4 Å². The molecule has 12 heteroatoms. The fraction of sp³-hybridized carbons (Fsp3) is 0.158. The number of nitrogens with two attached hydrogens (primary N) is 1. The Kier molecular flexibility index (Phi) is 7.18. The molecule has 7 nitrogen and oxygen atoms in total. The maximum atomic E-state index is 12.8. The van der Waals surface area contributed by atoms with Crippen molar-refractivity contribution in [3.05, 3.63) is 64.9 Å². The molecule has 0 saturated heterocycles. The van der Waals surface area contributed by atoms with Crippen molar-refractivity contribution >= 4 is 52.5 Å². The Bertz CT molecular complexity index is 1070. The van der Waals surface area contributed by atoms with Crippen LogP contribution in [-0.2, 0) is 16.7 Å². The number of nitrogen functional groups attached to an aromatic ring is 1. The Morgan fingerprint density at radius 3 is 2.55 bits per heavy atom. The van der Waals surface area contributed by atoms with Crippen LogP contribution in [0.2, 0.25) is 5.02 Å². The molecule has 0 saturated carbocycles. The minimum Gasteiger partial charge on any atom is -0.368 e. The van der Waals surface area contributed by atoms with E-state index in [-0.39, 0.29) is 34.1 Å². The van der Waals surface area contributed by atoms with Gasteiger partial charge in [0.1, 0.15) is 5.82 Å². The Morgan fingerprint density at radius 2 is 1.84 bits per heavy atom. The summed E-state index contributed by atoms with van der Waals surface area (Å²) in [7, 11) is 0.